The smallest absolute Gasteiger partial charge is 0.0581 e. The Kier molecular flexibility index (Phi) is 3.82. The number of nitrogens with two attached hydrogens (primary N) is 1. The van der Waals surface area contributed by atoms with Crippen LogP contribution in [0.15, 0.2) is 41.1 Å². The lowest BCUT2D eigenvalue weighted by Crippen LogP contribution is -2.12. The van der Waals surface area contributed by atoms with Crippen LogP contribution in [-0.4, -0.2) is 4.98 Å². The van der Waals surface area contributed by atoms with Gasteiger partial charge in [-0.2, -0.15) is 0 Å². The highest BCUT2D eigenvalue weighted by Crippen LogP contribution is 2.28. The fourth-order valence-corrected chi connectivity index (χ4v) is 2.47. The largest absolute Gasteiger partial charge is 0.320 e. The van der Waals surface area contributed by atoms with Crippen molar-refractivity contribution in [1.82, 2.24) is 4.98 Å². The lowest BCUT2D eigenvalue weighted by molar-refractivity contribution is 0.860. The zero-order valence-corrected chi connectivity index (χ0v) is 11.7. The summed E-state index contributed by atoms with van der Waals surface area (Å²) in [6.07, 6.45) is 3.58. The molecule has 0 saturated heterocycles. The van der Waals surface area contributed by atoms with Crippen molar-refractivity contribution in [2.24, 2.45) is 5.73 Å². The van der Waals surface area contributed by atoms with Crippen LogP contribution in [0.3, 0.4) is 0 Å². The highest BCUT2D eigenvalue weighted by Gasteiger charge is 2.13. The predicted octanol–water partition coefficient (Wildman–Crippen LogP) is 3.85. The van der Waals surface area contributed by atoms with E-state index in [4.69, 9.17) is 17.3 Å². The number of nitrogens with zero attached hydrogens (tertiary/aromatic N) is 1. The minimum Gasteiger partial charge on any atom is -0.320 e. The molecule has 2 rings (SSSR count). The first-order chi connectivity index (χ1) is 8.08. The van der Waals surface area contributed by atoms with Crippen LogP contribution in [0, 0.1) is 6.92 Å². The standard InChI is InChI=1S/C13H12BrClN2/c1-8-4-9(7-17-6-8)13(16)11-3-2-10(14)5-12(11)15/h2-7,13H,16H2,1H3. The van der Waals surface area contributed by atoms with Gasteiger partial charge in [0.05, 0.1) is 6.04 Å². The maximum atomic E-state index is 6.20. The summed E-state index contributed by atoms with van der Waals surface area (Å²) >= 11 is 9.56. The Hall–Kier alpha value is -0.900. The Labute approximate surface area is 114 Å². The van der Waals surface area contributed by atoms with E-state index in [0.717, 1.165) is 21.2 Å². The van der Waals surface area contributed by atoms with E-state index in [2.05, 4.69) is 20.9 Å². The molecule has 1 aromatic carbocycles. The van der Waals surface area contributed by atoms with E-state index >= 15 is 0 Å². The van der Waals surface area contributed by atoms with E-state index in [9.17, 15) is 0 Å². The number of halogens is 2. The summed E-state index contributed by atoms with van der Waals surface area (Å²) in [6.45, 7) is 1.99. The third-order valence-corrected chi connectivity index (χ3v) is 3.37. The number of aryl methyl sites for hydroxylation is 1. The molecule has 1 atom stereocenters. The molecule has 2 nitrogen and oxygen atoms in total. The van der Waals surface area contributed by atoms with Crippen molar-refractivity contribution < 1.29 is 0 Å². The second kappa shape index (κ2) is 5.17. The molecule has 0 aliphatic heterocycles. The van der Waals surface area contributed by atoms with E-state index < -0.39 is 0 Å². The first kappa shape index (κ1) is 12.6. The molecule has 1 heterocycles. The minimum absolute atomic E-state index is 0.247. The lowest BCUT2D eigenvalue weighted by atomic mass is 10.0. The van der Waals surface area contributed by atoms with E-state index in [1.165, 1.54) is 0 Å². The second-order valence-electron chi connectivity index (χ2n) is 3.94. The average Bonchev–Trinajstić information content (AvgIpc) is 2.28. The zero-order valence-electron chi connectivity index (χ0n) is 9.32. The maximum Gasteiger partial charge on any atom is 0.0581 e. The summed E-state index contributed by atoms with van der Waals surface area (Å²) in [6, 6.07) is 7.49. The van der Waals surface area contributed by atoms with Gasteiger partial charge in [0.2, 0.25) is 0 Å². The molecule has 0 amide bonds. The predicted molar refractivity (Wildman–Crippen MR) is 74.2 cm³/mol. The van der Waals surface area contributed by atoms with Gasteiger partial charge in [0.25, 0.3) is 0 Å². The molecule has 0 fully saturated rings. The van der Waals surface area contributed by atoms with E-state index in [1.54, 1.807) is 12.4 Å². The lowest BCUT2D eigenvalue weighted by Gasteiger charge is -2.14. The molecule has 0 aliphatic carbocycles. The Morgan fingerprint density at radius 2 is 2.06 bits per heavy atom. The molecule has 4 heteroatoms. The average molecular weight is 312 g/mol. The van der Waals surface area contributed by atoms with Crippen molar-refractivity contribution in [3.63, 3.8) is 0 Å². The van der Waals surface area contributed by atoms with Gasteiger partial charge in [0.15, 0.2) is 0 Å². The van der Waals surface area contributed by atoms with Gasteiger partial charge in [-0.3, -0.25) is 4.98 Å². The van der Waals surface area contributed by atoms with Gasteiger partial charge in [-0.25, -0.2) is 0 Å². The summed E-state index contributed by atoms with van der Waals surface area (Å²) in [5, 5.41) is 0.661. The van der Waals surface area contributed by atoms with Crippen LogP contribution in [0.25, 0.3) is 0 Å². The molecule has 0 radical (unpaired) electrons. The summed E-state index contributed by atoms with van der Waals surface area (Å²) in [7, 11) is 0. The van der Waals surface area contributed by atoms with Crippen LogP contribution in [0.2, 0.25) is 5.02 Å². The summed E-state index contributed by atoms with van der Waals surface area (Å²) in [4.78, 5) is 4.15. The van der Waals surface area contributed by atoms with Gasteiger partial charge in [0, 0.05) is 21.9 Å². The Bertz CT molecular complexity index is 543. The number of rotatable bonds is 2. The van der Waals surface area contributed by atoms with Crippen LogP contribution in [0.5, 0.6) is 0 Å². The summed E-state index contributed by atoms with van der Waals surface area (Å²) in [5.41, 5.74) is 9.16. The molecule has 88 valence electrons. The molecule has 2 aromatic rings. The fraction of sp³-hybridized carbons (Fsp3) is 0.154. The molecule has 1 aromatic heterocycles. The minimum atomic E-state index is -0.247. The first-order valence-electron chi connectivity index (χ1n) is 5.20. The van der Waals surface area contributed by atoms with E-state index in [1.807, 2.05) is 31.2 Å². The number of hydrogen-bond acceptors (Lipinski definition) is 2. The van der Waals surface area contributed by atoms with Crippen molar-refractivity contribution in [3.8, 4) is 0 Å². The Morgan fingerprint density at radius 1 is 1.29 bits per heavy atom. The quantitative estimate of drug-likeness (QED) is 0.915. The number of hydrogen-bond donors (Lipinski definition) is 1. The Morgan fingerprint density at radius 3 is 2.71 bits per heavy atom. The molecular formula is C13H12BrClN2. The van der Waals surface area contributed by atoms with E-state index in [0.29, 0.717) is 5.02 Å². The molecular weight excluding hydrogens is 300 g/mol. The molecule has 17 heavy (non-hydrogen) atoms. The van der Waals surface area contributed by atoms with E-state index in [-0.39, 0.29) is 6.04 Å². The highest BCUT2D eigenvalue weighted by molar-refractivity contribution is 9.10. The molecule has 0 saturated carbocycles. The van der Waals surface area contributed by atoms with Gasteiger partial charge in [0.1, 0.15) is 0 Å². The van der Waals surface area contributed by atoms with Crippen molar-refractivity contribution in [1.29, 1.82) is 0 Å². The first-order valence-corrected chi connectivity index (χ1v) is 6.37. The van der Waals surface area contributed by atoms with Crippen LogP contribution < -0.4 is 5.73 Å². The van der Waals surface area contributed by atoms with Gasteiger partial charge in [-0.1, -0.05) is 39.7 Å². The Balaban J connectivity index is 2.40. The highest BCUT2D eigenvalue weighted by atomic mass is 79.9. The zero-order chi connectivity index (χ0) is 12.4. The van der Waals surface area contributed by atoms with Crippen molar-refractivity contribution in [3.05, 3.63) is 62.8 Å². The number of pyridine rings is 1. The van der Waals surface area contributed by atoms with Crippen LogP contribution in [0.4, 0.5) is 0 Å². The van der Waals surface area contributed by atoms with Crippen LogP contribution in [-0.2, 0) is 0 Å². The number of aromatic nitrogens is 1. The normalized spacial score (nSPS) is 12.5. The monoisotopic (exact) mass is 310 g/mol. The molecule has 0 aliphatic rings. The molecule has 0 bridgehead atoms. The van der Waals surface area contributed by atoms with Crippen LogP contribution in [0.1, 0.15) is 22.7 Å². The van der Waals surface area contributed by atoms with Gasteiger partial charge in [-0.15, -0.1) is 0 Å². The van der Waals surface area contributed by atoms with Crippen LogP contribution >= 0.6 is 27.5 Å². The molecule has 1 unspecified atom stereocenters. The number of benzene rings is 1. The van der Waals surface area contributed by atoms with Gasteiger partial charge in [-0.05, 0) is 35.7 Å². The van der Waals surface area contributed by atoms with Crippen molar-refractivity contribution in [2.45, 2.75) is 13.0 Å². The third kappa shape index (κ3) is 2.86. The topological polar surface area (TPSA) is 38.9 Å². The summed E-state index contributed by atoms with van der Waals surface area (Å²) < 4.78 is 0.945. The molecule has 0 spiro atoms. The molecule has 2 N–H and O–H groups in total. The van der Waals surface area contributed by atoms with Crippen molar-refractivity contribution >= 4 is 27.5 Å². The maximum absolute atomic E-state index is 6.20. The third-order valence-electron chi connectivity index (χ3n) is 2.55. The fourth-order valence-electron chi connectivity index (χ4n) is 1.68. The van der Waals surface area contributed by atoms with Crippen molar-refractivity contribution in [2.75, 3.05) is 0 Å². The SMILES string of the molecule is Cc1cncc(C(N)c2ccc(Br)cc2Cl)c1. The van der Waals surface area contributed by atoms with Gasteiger partial charge < -0.3 is 5.73 Å². The summed E-state index contributed by atoms with van der Waals surface area (Å²) in [5.74, 6) is 0. The van der Waals surface area contributed by atoms with Gasteiger partial charge >= 0.3 is 0 Å². The second-order valence-corrected chi connectivity index (χ2v) is 5.26.